The summed E-state index contributed by atoms with van der Waals surface area (Å²) >= 11 is 0. The lowest BCUT2D eigenvalue weighted by molar-refractivity contribution is 0.377. The van der Waals surface area contributed by atoms with Gasteiger partial charge < -0.3 is 14.7 Å². The molecule has 1 heterocycles. The van der Waals surface area contributed by atoms with Crippen LogP contribution < -0.4 is 9.64 Å². The van der Waals surface area contributed by atoms with Crippen LogP contribution in [0.3, 0.4) is 0 Å². The molecule has 138 valence electrons. The van der Waals surface area contributed by atoms with Gasteiger partial charge in [-0.2, -0.15) is 0 Å². The fourth-order valence-corrected chi connectivity index (χ4v) is 4.09. The van der Waals surface area contributed by atoms with Crippen LogP contribution in [0.25, 0.3) is 0 Å². The first kappa shape index (κ1) is 18.3. The highest BCUT2D eigenvalue weighted by Gasteiger charge is 2.36. The van der Waals surface area contributed by atoms with Gasteiger partial charge in [0.25, 0.3) is 0 Å². The van der Waals surface area contributed by atoms with E-state index >= 15 is 0 Å². The molecular formula is C22H28N2O2. The molecule has 2 aromatic carbocycles. The van der Waals surface area contributed by atoms with Gasteiger partial charge in [0.1, 0.15) is 11.5 Å². The van der Waals surface area contributed by atoms with Gasteiger partial charge in [0.15, 0.2) is 0 Å². The Hall–Kier alpha value is -2.49. The van der Waals surface area contributed by atoms with Gasteiger partial charge in [-0.25, -0.2) is 0 Å². The highest BCUT2D eigenvalue weighted by molar-refractivity contribution is 5.87. The molecular weight excluding hydrogens is 324 g/mol. The summed E-state index contributed by atoms with van der Waals surface area (Å²) in [6.45, 7) is 10.1. The number of ether oxygens (including phenoxy) is 1. The van der Waals surface area contributed by atoms with E-state index in [1.807, 2.05) is 6.21 Å². The number of hydrogen-bond donors (Lipinski definition) is 1. The summed E-state index contributed by atoms with van der Waals surface area (Å²) in [7, 11) is 1.70. The number of anilines is 1. The molecule has 0 fully saturated rings. The van der Waals surface area contributed by atoms with Gasteiger partial charge in [-0.1, -0.05) is 6.92 Å². The van der Waals surface area contributed by atoms with E-state index in [1.165, 1.54) is 11.3 Å². The van der Waals surface area contributed by atoms with Gasteiger partial charge in [-0.15, -0.1) is 0 Å². The summed E-state index contributed by atoms with van der Waals surface area (Å²) in [6.07, 6.45) is 2.96. The van der Waals surface area contributed by atoms with Crippen LogP contribution in [-0.4, -0.2) is 30.5 Å². The zero-order valence-electron chi connectivity index (χ0n) is 16.3. The number of aromatic hydroxyl groups is 1. The lowest BCUT2D eigenvalue weighted by Gasteiger charge is -2.47. The fraction of sp³-hybridized carbons (Fsp3) is 0.409. The molecule has 0 aromatic heterocycles. The number of hydrogen-bond acceptors (Lipinski definition) is 4. The molecule has 2 aromatic rings. The van der Waals surface area contributed by atoms with Crippen molar-refractivity contribution < 1.29 is 9.84 Å². The number of aliphatic imine (C=N–C) groups is 1. The summed E-state index contributed by atoms with van der Waals surface area (Å²) in [5, 5.41) is 9.40. The quantitative estimate of drug-likeness (QED) is 0.763. The number of methoxy groups -OCH3 is 1. The zero-order valence-corrected chi connectivity index (χ0v) is 16.3. The van der Waals surface area contributed by atoms with Gasteiger partial charge in [0, 0.05) is 35.6 Å². The molecule has 0 spiro atoms. The summed E-state index contributed by atoms with van der Waals surface area (Å²) in [4.78, 5) is 7.00. The van der Waals surface area contributed by atoms with Crippen LogP contribution in [0, 0.1) is 0 Å². The van der Waals surface area contributed by atoms with Crippen LogP contribution in [-0.2, 0) is 0 Å². The number of benzene rings is 2. The topological polar surface area (TPSA) is 45.1 Å². The zero-order chi connectivity index (χ0) is 18.9. The van der Waals surface area contributed by atoms with E-state index in [2.05, 4.69) is 49.7 Å². The van der Waals surface area contributed by atoms with E-state index in [1.54, 1.807) is 31.4 Å². The Morgan fingerprint density at radius 1 is 1.27 bits per heavy atom. The average molecular weight is 352 g/mol. The second-order valence-corrected chi connectivity index (χ2v) is 7.59. The molecule has 1 aliphatic rings. The van der Waals surface area contributed by atoms with E-state index in [-0.39, 0.29) is 11.3 Å². The minimum absolute atomic E-state index is 0.133. The van der Waals surface area contributed by atoms with Gasteiger partial charge in [0.2, 0.25) is 0 Å². The molecule has 3 rings (SSSR count). The lowest BCUT2D eigenvalue weighted by Crippen LogP contribution is -2.48. The molecule has 0 amide bonds. The third-order valence-corrected chi connectivity index (χ3v) is 5.26. The molecule has 0 aliphatic carbocycles. The van der Waals surface area contributed by atoms with Crippen LogP contribution in [0.2, 0.25) is 0 Å². The molecule has 0 radical (unpaired) electrons. The van der Waals surface area contributed by atoms with Crippen molar-refractivity contribution in [2.75, 3.05) is 18.6 Å². The standard InChI is InChI=1S/C22H28N2O2/c1-6-24-20-12-21(26-5)16(11-19(20)15(2)13-22(24,3)4)14-23-17-7-9-18(25)10-8-17/h7-12,14-15,25H,6,13H2,1-5H3. The summed E-state index contributed by atoms with van der Waals surface area (Å²) in [5.41, 5.74) is 4.51. The molecule has 0 bridgehead atoms. The fourth-order valence-electron chi connectivity index (χ4n) is 4.09. The van der Waals surface area contributed by atoms with E-state index in [9.17, 15) is 5.11 Å². The maximum atomic E-state index is 9.40. The third kappa shape index (κ3) is 3.41. The van der Waals surface area contributed by atoms with Crippen LogP contribution in [0.5, 0.6) is 11.5 Å². The summed E-state index contributed by atoms with van der Waals surface area (Å²) < 4.78 is 5.66. The van der Waals surface area contributed by atoms with Crippen molar-refractivity contribution in [3.8, 4) is 11.5 Å². The molecule has 26 heavy (non-hydrogen) atoms. The Kier molecular flexibility index (Phi) is 4.94. The second-order valence-electron chi connectivity index (χ2n) is 7.59. The van der Waals surface area contributed by atoms with Crippen molar-refractivity contribution in [3.63, 3.8) is 0 Å². The Labute approximate surface area is 156 Å². The smallest absolute Gasteiger partial charge is 0.129 e. The van der Waals surface area contributed by atoms with Crippen LogP contribution >= 0.6 is 0 Å². The first-order valence-corrected chi connectivity index (χ1v) is 9.18. The van der Waals surface area contributed by atoms with Crippen molar-refractivity contribution in [2.45, 2.75) is 45.6 Å². The SMILES string of the molecule is CCN1c2cc(OC)c(C=Nc3ccc(O)cc3)cc2C(C)CC1(C)C. The molecule has 1 aliphatic heterocycles. The average Bonchev–Trinajstić information content (AvgIpc) is 2.60. The predicted octanol–water partition coefficient (Wildman–Crippen LogP) is 5.26. The molecule has 1 unspecified atom stereocenters. The highest BCUT2D eigenvalue weighted by Crippen LogP contribution is 2.45. The van der Waals surface area contributed by atoms with Gasteiger partial charge in [0.05, 0.1) is 12.8 Å². The number of rotatable bonds is 4. The molecule has 4 heteroatoms. The predicted molar refractivity (Wildman–Crippen MR) is 108 cm³/mol. The third-order valence-electron chi connectivity index (χ3n) is 5.26. The van der Waals surface area contributed by atoms with Crippen molar-refractivity contribution in [1.29, 1.82) is 0 Å². The maximum Gasteiger partial charge on any atom is 0.129 e. The second kappa shape index (κ2) is 7.02. The van der Waals surface area contributed by atoms with Crippen LogP contribution in [0.4, 0.5) is 11.4 Å². The Balaban J connectivity index is 2.03. The van der Waals surface area contributed by atoms with E-state index < -0.39 is 0 Å². The highest BCUT2D eigenvalue weighted by atomic mass is 16.5. The molecule has 1 atom stereocenters. The van der Waals surface area contributed by atoms with Crippen molar-refractivity contribution in [2.24, 2.45) is 4.99 Å². The molecule has 0 saturated heterocycles. The minimum Gasteiger partial charge on any atom is -0.508 e. The number of fused-ring (bicyclic) bond motifs is 1. The summed E-state index contributed by atoms with van der Waals surface area (Å²) in [6, 6.07) is 11.2. The van der Waals surface area contributed by atoms with E-state index in [0.29, 0.717) is 5.92 Å². The lowest BCUT2D eigenvalue weighted by atomic mass is 9.79. The Morgan fingerprint density at radius 2 is 1.96 bits per heavy atom. The maximum absolute atomic E-state index is 9.40. The van der Waals surface area contributed by atoms with Crippen LogP contribution in [0.15, 0.2) is 41.4 Å². The number of nitrogens with zero attached hydrogens (tertiary/aromatic N) is 2. The van der Waals surface area contributed by atoms with E-state index in [0.717, 1.165) is 30.0 Å². The van der Waals surface area contributed by atoms with Crippen LogP contribution in [0.1, 0.15) is 51.2 Å². The molecule has 0 saturated carbocycles. The first-order chi connectivity index (χ1) is 12.4. The first-order valence-electron chi connectivity index (χ1n) is 9.18. The normalized spacial score (nSPS) is 18.8. The Morgan fingerprint density at radius 3 is 2.58 bits per heavy atom. The minimum atomic E-state index is 0.133. The number of phenolic OH excluding ortho intramolecular Hbond substituents is 1. The van der Waals surface area contributed by atoms with Crippen molar-refractivity contribution >= 4 is 17.6 Å². The van der Waals surface area contributed by atoms with Gasteiger partial charge >= 0.3 is 0 Å². The van der Waals surface area contributed by atoms with Gasteiger partial charge in [-0.05, 0) is 69.0 Å². The summed E-state index contributed by atoms with van der Waals surface area (Å²) in [5.74, 6) is 1.55. The largest absolute Gasteiger partial charge is 0.508 e. The molecule has 1 N–H and O–H groups in total. The van der Waals surface area contributed by atoms with Crippen molar-refractivity contribution in [3.05, 3.63) is 47.5 Å². The molecule has 4 nitrogen and oxygen atoms in total. The van der Waals surface area contributed by atoms with Crippen molar-refractivity contribution in [1.82, 2.24) is 0 Å². The number of phenols is 1. The van der Waals surface area contributed by atoms with Gasteiger partial charge in [-0.3, -0.25) is 4.99 Å². The monoisotopic (exact) mass is 352 g/mol. The Bertz CT molecular complexity index is 810. The van der Waals surface area contributed by atoms with E-state index in [4.69, 9.17) is 4.74 Å².